The summed E-state index contributed by atoms with van der Waals surface area (Å²) in [6, 6.07) is 14.6. The maximum absolute atomic E-state index is 13.1. The summed E-state index contributed by atoms with van der Waals surface area (Å²) in [6.45, 7) is 0.218. The molecule has 4 rings (SSSR count). The number of anilines is 2. The number of benzene rings is 2. The molecule has 1 aliphatic heterocycles. The van der Waals surface area contributed by atoms with Crippen molar-refractivity contribution >= 4 is 44.8 Å². The highest BCUT2D eigenvalue weighted by atomic mass is 35.5. The number of nitrogens with one attached hydrogen (secondary N) is 2. The van der Waals surface area contributed by atoms with E-state index in [4.69, 9.17) is 20.8 Å². The summed E-state index contributed by atoms with van der Waals surface area (Å²) >= 11 is 6.06. The smallest absolute Gasteiger partial charge is 0.265 e. The van der Waals surface area contributed by atoms with Crippen molar-refractivity contribution in [2.75, 3.05) is 22.4 Å². The Labute approximate surface area is 201 Å². The molecule has 0 spiro atoms. The second kappa shape index (κ2) is 9.78. The first-order valence-electron chi connectivity index (χ1n) is 10.4. The van der Waals surface area contributed by atoms with E-state index in [2.05, 4.69) is 10.6 Å². The highest BCUT2D eigenvalue weighted by molar-refractivity contribution is 7.92. The molecule has 0 radical (unpaired) electrons. The Bertz CT molecular complexity index is 1310. The van der Waals surface area contributed by atoms with Gasteiger partial charge in [0.1, 0.15) is 11.5 Å². The van der Waals surface area contributed by atoms with Crippen molar-refractivity contribution in [3.63, 3.8) is 0 Å². The molecule has 178 valence electrons. The molecule has 1 aliphatic rings. The molecule has 9 nitrogen and oxygen atoms in total. The monoisotopic (exact) mass is 503 g/mol. The Morgan fingerprint density at radius 3 is 2.68 bits per heavy atom. The molecule has 0 bridgehead atoms. The third-order valence-corrected chi connectivity index (χ3v) is 6.59. The van der Waals surface area contributed by atoms with Gasteiger partial charge in [-0.15, -0.1) is 0 Å². The van der Waals surface area contributed by atoms with Crippen LogP contribution in [0.5, 0.6) is 5.75 Å². The first-order chi connectivity index (χ1) is 16.2. The van der Waals surface area contributed by atoms with Crippen LogP contribution in [0.4, 0.5) is 11.4 Å². The number of hydrogen-bond donors (Lipinski definition) is 2. The van der Waals surface area contributed by atoms with Crippen LogP contribution in [-0.2, 0) is 21.4 Å². The van der Waals surface area contributed by atoms with Crippen LogP contribution in [0.1, 0.15) is 22.5 Å². The molecule has 11 heteroatoms. The summed E-state index contributed by atoms with van der Waals surface area (Å²) in [5.74, 6) is -0.0901. The van der Waals surface area contributed by atoms with Crippen molar-refractivity contribution < 1.29 is 27.2 Å². The Balaban J connectivity index is 1.52. The van der Waals surface area contributed by atoms with Gasteiger partial charge in [-0.3, -0.25) is 13.9 Å². The minimum absolute atomic E-state index is 0.0234. The van der Waals surface area contributed by atoms with Gasteiger partial charge in [-0.1, -0.05) is 23.7 Å². The third-order valence-electron chi connectivity index (χ3n) is 5.18. The first kappa shape index (κ1) is 23.7. The number of amides is 2. The van der Waals surface area contributed by atoms with Gasteiger partial charge in [-0.25, -0.2) is 8.42 Å². The second-order valence-electron chi connectivity index (χ2n) is 7.64. The van der Waals surface area contributed by atoms with E-state index >= 15 is 0 Å². The minimum atomic E-state index is -3.63. The molecule has 1 atom stereocenters. The lowest BCUT2D eigenvalue weighted by Gasteiger charge is -2.21. The predicted octanol–water partition coefficient (Wildman–Crippen LogP) is 3.42. The zero-order chi connectivity index (χ0) is 24.3. The largest absolute Gasteiger partial charge is 0.478 e. The second-order valence-corrected chi connectivity index (χ2v) is 9.98. The van der Waals surface area contributed by atoms with Gasteiger partial charge in [0, 0.05) is 18.0 Å². The van der Waals surface area contributed by atoms with Crippen molar-refractivity contribution in [3.8, 4) is 5.75 Å². The van der Waals surface area contributed by atoms with Crippen molar-refractivity contribution in [2.24, 2.45) is 0 Å². The van der Waals surface area contributed by atoms with Gasteiger partial charge in [0.05, 0.1) is 36.0 Å². The number of furan rings is 1. The Kier molecular flexibility index (Phi) is 6.80. The van der Waals surface area contributed by atoms with E-state index in [1.807, 2.05) is 0 Å². The van der Waals surface area contributed by atoms with Crippen molar-refractivity contribution in [1.29, 1.82) is 0 Å². The van der Waals surface area contributed by atoms with Crippen LogP contribution >= 0.6 is 11.6 Å². The van der Waals surface area contributed by atoms with Gasteiger partial charge in [-0.2, -0.15) is 0 Å². The highest BCUT2D eigenvalue weighted by Crippen LogP contribution is 2.36. The fraction of sp³-hybridized carbons (Fsp3) is 0.217. The molecule has 0 aliphatic carbocycles. The summed E-state index contributed by atoms with van der Waals surface area (Å²) in [5, 5.41) is 5.82. The fourth-order valence-corrected chi connectivity index (χ4v) is 4.66. The average Bonchev–Trinajstić information content (AvgIpc) is 3.23. The maximum Gasteiger partial charge on any atom is 0.265 e. The number of ether oxygens (including phenoxy) is 1. The molecule has 34 heavy (non-hydrogen) atoms. The van der Waals surface area contributed by atoms with Crippen LogP contribution in [0.2, 0.25) is 5.02 Å². The molecule has 0 fully saturated rings. The summed E-state index contributed by atoms with van der Waals surface area (Å²) in [6.07, 6.45) is 1.69. The normalized spacial score (nSPS) is 15.6. The quantitative estimate of drug-likeness (QED) is 0.532. The molecule has 3 aromatic rings. The molecular formula is C23H22ClN3O6S. The number of carbonyl (C=O) groups excluding carboxylic acids is 2. The van der Waals surface area contributed by atoms with Gasteiger partial charge in [0.15, 0.2) is 6.10 Å². The van der Waals surface area contributed by atoms with Gasteiger partial charge in [0.25, 0.3) is 11.8 Å². The predicted molar refractivity (Wildman–Crippen MR) is 128 cm³/mol. The van der Waals surface area contributed by atoms with E-state index in [9.17, 15) is 18.0 Å². The SMILES string of the molecule is CS(=O)(=O)N1CCC(C(=O)Nc2ccccc2C(=O)NCc2ccco2)Oc2ccc(Cl)cc21. The fourth-order valence-electron chi connectivity index (χ4n) is 3.56. The lowest BCUT2D eigenvalue weighted by Crippen LogP contribution is -2.36. The lowest BCUT2D eigenvalue weighted by molar-refractivity contribution is -0.122. The van der Waals surface area contributed by atoms with Crippen LogP contribution in [0.15, 0.2) is 65.3 Å². The molecule has 2 N–H and O–H groups in total. The van der Waals surface area contributed by atoms with E-state index in [1.165, 1.54) is 18.4 Å². The number of sulfonamides is 1. The van der Waals surface area contributed by atoms with Gasteiger partial charge < -0.3 is 19.8 Å². The van der Waals surface area contributed by atoms with E-state index < -0.39 is 27.9 Å². The highest BCUT2D eigenvalue weighted by Gasteiger charge is 2.32. The van der Waals surface area contributed by atoms with E-state index in [0.717, 1.165) is 10.6 Å². The van der Waals surface area contributed by atoms with Crippen LogP contribution in [0.3, 0.4) is 0 Å². The Hall–Kier alpha value is -3.50. The van der Waals surface area contributed by atoms with E-state index in [-0.39, 0.29) is 36.5 Å². The standard InChI is InChI=1S/C23H22ClN3O6S/c1-34(30,31)27-11-10-21(33-20-9-8-15(24)13-19(20)27)23(29)26-18-7-3-2-6-17(18)22(28)25-14-16-5-4-12-32-16/h2-9,12-13,21H,10-11,14H2,1H3,(H,25,28)(H,26,29). The molecule has 0 saturated heterocycles. The van der Waals surface area contributed by atoms with Gasteiger partial charge >= 0.3 is 0 Å². The van der Waals surface area contributed by atoms with Crippen LogP contribution < -0.4 is 19.7 Å². The number of nitrogens with zero attached hydrogens (tertiary/aromatic N) is 1. The summed E-state index contributed by atoms with van der Waals surface area (Å²) in [4.78, 5) is 25.8. The average molecular weight is 504 g/mol. The minimum Gasteiger partial charge on any atom is -0.478 e. The topological polar surface area (TPSA) is 118 Å². The Morgan fingerprint density at radius 1 is 1.15 bits per heavy atom. The molecule has 1 aromatic heterocycles. The number of carbonyl (C=O) groups is 2. The van der Waals surface area contributed by atoms with Crippen LogP contribution in [-0.4, -0.2) is 39.1 Å². The number of rotatable bonds is 6. The van der Waals surface area contributed by atoms with Crippen LogP contribution in [0.25, 0.3) is 0 Å². The molecule has 2 aromatic carbocycles. The zero-order valence-corrected chi connectivity index (χ0v) is 19.7. The Morgan fingerprint density at radius 2 is 1.94 bits per heavy atom. The summed E-state index contributed by atoms with van der Waals surface area (Å²) in [5.41, 5.74) is 0.831. The van der Waals surface area contributed by atoms with Crippen molar-refractivity contribution in [3.05, 3.63) is 77.2 Å². The number of para-hydroxylation sites is 1. The maximum atomic E-state index is 13.1. The van der Waals surface area contributed by atoms with Gasteiger partial charge in [0.2, 0.25) is 10.0 Å². The lowest BCUT2D eigenvalue weighted by atomic mass is 10.1. The number of fused-ring (bicyclic) bond motifs is 1. The molecule has 2 heterocycles. The third kappa shape index (κ3) is 5.35. The van der Waals surface area contributed by atoms with Crippen molar-refractivity contribution in [1.82, 2.24) is 5.32 Å². The summed E-state index contributed by atoms with van der Waals surface area (Å²) in [7, 11) is -3.63. The molecule has 1 unspecified atom stereocenters. The van der Waals surface area contributed by atoms with Crippen LogP contribution in [0, 0.1) is 0 Å². The van der Waals surface area contributed by atoms with Crippen molar-refractivity contribution in [2.45, 2.75) is 19.1 Å². The summed E-state index contributed by atoms with van der Waals surface area (Å²) < 4.78 is 36.9. The molecular weight excluding hydrogens is 482 g/mol. The van der Waals surface area contributed by atoms with E-state index in [0.29, 0.717) is 16.5 Å². The molecule has 0 saturated carbocycles. The molecule has 2 amide bonds. The number of halogens is 1. The number of hydrogen-bond acceptors (Lipinski definition) is 6. The van der Waals surface area contributed by atoms with E-state index in [1.54, 1.807) is 42.5 Å². The zero-order valence-electron chi connectivity index (χ0n) is 18.2. The first-order valence-corrected chi connectivity index (χ1v) is 12.6. The van der Waals surface area contributed by atoms with Gasteiger partial charge in [-0.05, 0) is 42.5 Å².